The van der Waals surface area contributed by atoms with Gasteiger partial charge in [0.2, 0.25) is 0 Å². The van der Waals surface area contributed by atoms with E-state index in [-0.39, 0.29) is 11.8 Å². The third-order valence-corrected chi connectivity index (χ3v) is 6.36. The summed E-state index contributed by atoms with van der Waals surface area (Å²) in [6, 6.07) is 17.6. The minimum atomic E-state index is 0.0270. The number of piperidine rings is 1. The first-order chi connectivity index (χ1) is 17.0. The lowest BCUT2D eigenvalue weighted by Crippen LogP contribution is -2.38. The Bertz CT molecular complexity index is 1360. The quantitative estimate of drug-likeness (QED) is 0.394. The number of nitrogens with zero attached hydrogens (tertiary/aromatic N) is 5. The van der Waals surface area contributed by atoms with Crippen molar-refractivity contribution in [2.45, 2.75) is 25.8 Å². The molecular weight excluding hydrogens is 440 g/mol. The van der Waals surface area contributed by atoms with Crippen molar-refractivity contribution < 1.29 is 9.53 Å². The number of fused-ring (bicyclic) bond motifs is 1. The molecule has 8 heteroatoms. The molecule has 8 nitrogen and oxygen atoms in total. The Morgan fingerprint density at radius 2 is 1.86 bits per heavy atom. The number of hydrogen-bond acceptors (Lipinski definition) is 7. The van der Waals surface area contributed by atoms with E-state index >= 15 is 0 Å². The van der Waals surface area contributed by atoms with Gasteiger partial charge in [-0.25, -0.2) is 14.6 Å². The maximum Gasteiger partial charge on any atom is 0.164 e. The fourth-order valence-electron chi connectivity index (χ4n) is 4.51. The molecule has 2 N–H and O–H groups in total. The van der Waals surface area contributed by atoms with E-state index in [1.54, 1.807) is 6.92 Å². The van der Waals surface area contributed by atoms with E-state index in [1.165, 1.54) is 6.33 Å². The Kier molecular flexibility index (Phi) is 6.29. The molecule has 1 aliphatic rings. The highest BCUT2D eigenvalue weighted by molar-refractivity contribution is 5.98. The normalized spacial score (nSPS) is 16.3. The third-order valence-electron chi connectivity index (χ3n) is 6.36. The van der Waals surface area contributed by atoms with Crippen LogP contribution in [0.1, 0.15) is 25.8 Å². The smallest absolute Gasteiger partial charge is 0.164 e. The van der Waals surface area contributed by atoms with E-state index in [9.17, 15) is 4.79 Å². The van der Waals surface area contributed by atoms with Gasteiger partial charge in [-0.15, -0.1) is 0 Å². The number of carbonyl (C=O) groups is 1. The van der Waals surface area contributed by atoms with Crippen molar-refractivity contribution >= 4 is 22.6 Å². The zero-order chi connectivity index (χ0) is 24.4. The van der Waals surface area contributed by atoms with Gasteiger partial charge < -0.3 is 10.5 Å². The number of benzene rings is 2. The van der Waals surface area contributed by atoms with Crippen LogP contribution >= 0.6 is 0 Å². The Balaban J connectivity index is 1.45. The minimum Gasteiger partial charge on any atom is -0.457 e. The topological polar surface area (TPSA) is 99.2 Å². The first kappa shape index (κ1) is 22.7. The van der Waals surface area contributed by atoms with Gasteiger partial charge in [0.25, 0.3) is 0 Å². The van der Waals surface area contributed by atoms with Crippen LogP contribution in [0.15, 0.2) is 73.1 Å². The number of ether oxygens (including phenoxy) is 1. The van der Waals surface area contributed by atoms with E-state index in [2.05, 4.69) is 21.4 Å². The number of nitrogens with two attached hydrogens (primary N) is 1. The monoisotopic (exact) mass is 468 g/mol. The zero-order valence-electron chi connectivity index (χ0n) is 19.7. The number of anilines is 1. The lowest BCUT2D eigenvalue weighted by Gasteiger charge is -2.33. The van der Waals surface area contributed by atoms with Crippen molar-refractivity contribution in [2.24, 2.45) is 0 Å². The number of hydrogen-bond donors (Lipinski definition) is 1. The summed E-state index contributed by atoms with van der Waals surface area (Å²) in [6.07, 6.45) is 3.44. The summed E-state index contributed by atoms with van der Waals surface area (Å²) in [5.41, 5.74) is 9.31. The molecule has 35 heavy (non-hydrogen) atoms. The van der Waals surface area contributed by atoms with Crippen molar-refractivity contribution in [3.8, 4) is 22.8 Å². The van der Waals surface area contributed by atoms with Gasteiger partial charge in [0.15, 0.2) is 11.4 Å². The largest absolute Gasteiger partial charge is 0.457 e. The molecule has 2 aromatic carbocycles. The van der Waals surface area contributed by atoms with Gasteiger partial charge in [0.05, 0.1) is 11.4 Å². The van der Waals surface area contributed by atoms with Crippen LogP contribution in [0, 0.1) is 0 Å². The van der Waals surface area contributed by atoms with Crippen molar-refractivity contribution in [3.05, 3.63) is 73.1 Å². The first-order valence-electron chi connectivity index (χ1n) is 11.7. The lowest BCUT2D eigenvalue weighted by molar-refractivity contribution is -0.113. The summed E-state index contributed by atoms with van der Waals surface area (Å²) in [5.74, 6) is 1.95. The fourth-order valence-corrected chi connectivity index (χ4v) is 4.51. The van der Waals surface area contributed by atoms with Crippen LogP contribution in [0.25, 0.3) is 22.3 Å². The van der Waals surface area contributed by atoms with Crippen LogP contribution in [-0.4, -0.2) is 50.1 Å². The summed E-state index contributed by atoms with van der Waals surface area (Å²) in [4.78, 5) is 22.7. The number of rotatable bonds is 7. The molecule has 1 fully saturated rings. The molecule has 1 unspecified atom stereocenters. The van der Waals surface area contributed by atoms with Crippen LogP contribution in [-0.2, 0) is 4.79 Å². The van der Waals surface area contributed by atoms with Crippen LogP contribution in [0.3, 0.4) is 0 Å². The van der Waals surface area contributed by atoms with E-state index in [1.807, 2.05) is 59.3 Å². The Morgan fingerprint density at radius 1 is 1.11 bits per heavy atom. The van der Waals surface area contributed by atoms with E-state index in [0.717, 1.165) is 54.1 Å². The average molecular weight is 469 g/mol. The summed E-state index contributed by atoms with van der Waals surface area (Å²) >= 11 is 0. The van der Waals surface area contributed by atoms with E-state index < -0.39 is 0 Å². The van der Waals surface area contributed by atoms with Crippen molar-refractivity contribution in [2.75, 3.05) is 25.4 Å². The maximum absolute atomic E-state index is 11.7. The SMILES string of the molecule is C=C(CN1CCCC(n2nc(-c3ccc(Oc4ccccc4)cc3)c3c(N)ncnc32)C1)C(C)=O. The number of ketones is 1. The highest BCUT2D eigenvalue weighted by Gasteiger charge is 2.27. The van der Waals surface area contributed by atoms with Gasteiger partial charge in [-0.3, -0.25) is 9.69 Å². The number of Topliss-reactive ketones (excluding diaryl/α,β-unsaturated/α-hetero) is 1. The molecule has 0 saturated carbocycles. The fraction of sp³-hybridized carbons (Fsp3) is 0.259. The second-order valence-corrected chi connectivity index (χ2v) is 8.88. The van der Waals surface area contributed by atoms with Crippen molar-refractivity contribution in [1.82, 2.24) is 24.6 Å². The molecule has 1 aliphatic heterocycles. The van der Waals surface area contributed by atoms with Gasteiger partial charge >= 0.3 is 0 Å². The van der Waals surface area contributed by atoms with E-state index in [0.29, 0.717) is 23.6 Å². The van der Waals surface area contributed by atoms with Gasteiger partial charge in [-0.2, -0.15) is 5.10 Å². The van der Waals surface area contributed by atoms with Crippen LogP contribution < -0.4 is 10.5 Å². The number of aromatic nitrogens is 4. The zero-order valence-corrected chi connectivity index (χ0v) is 19.7. The lowest BCUT2D eigenvalue weighted by atomic mass is 10.0. The Labute approximate surface area is 204 Å². The number of likely N-dealkylation sites (tertiary alicyclic amines) is 1. The van der Waals surface area contributed by atoms with Crippen molar-refractivity contribution in [1.29, 1.82) is 0 Å². The van der Waals surface area contributed by atoms with Gasteiger partial charge in [0, 0.05) is 24.2 Å². The Morgan fingerprint density at radius 3 is 2.60 bits per heavy atom. The maximum atomic E-state index is 11.7. The predicted molar refractivity (Wildman–Crippen MR) is 136 cm³/mol. The average Bonchev–Trinajstić information content (AvgIpc) is 3.26. The molecule has 0 aliphatic carbocycles. The second-order valence-electron chi connectivity index (χ2n) is 8.88. The highest BCUT2D eigenvalue weighted by atomic mass is 16.5. The number of para-hydroxylation sites is 1. The summed E-state index contributed by atoms with van der Waals surface area (Å²) in [7, 11) is 0. The second kappa shape index (κ2) is 9.68. The van der Waals surface area contributed by atoms with Gasteiger partial charge in [-0.05, 0) is 62.7 Å². The molecule has 0 spiro atoms. The summed E-state index contributed by atoms with van der Waals surface area (Å²) < 4.78 is 7.90. The van der Waals surface area contributed by atoms with Gasteiger partial charge in [-0.1, -0.05) is 24.8 Å². The molecule has 4 aromatic rings. The van der Waals surface area contributed by atoms with Crippen LogP contribution in [0.2, 0.25) is 0 Å². The van der Waals surface area contributed by atoms with Crippen LogP contribution in [0.4, 0.5) is 5.82 Å². The van der Waals surface area contributed by atoms with Crippen molar-refractivity contribution in [3.63, 3.8) is 0 Å². The number of nitrogen functional groups attached to an aromatic ring is 1. The highest BCUT2D eigenvalue weighted by Crippen LogP contribution is 2.34. The third kappa shape index (κ3) is 4.79. The van der Waals surface area contributed by atoms with Gasteiger partial charge in [0.1, 0.15) is 29.3 Å². The molecule has 2 aromatic heterocycles. The van der Waals surface area contributed by atoms with E-state index in [4.69, 9.17) is 15.6 Å². The molecule has 1 atom stereocenters. The molecule has 0 bridgehead atoms. The molecule has 0 radical (unpaired) electrons. The minimum absolute atomic E-state index is 0.0270. The predicted octanol–water partition coefficient (Wildman–Crippen LogP) is 4.65. The molecule has 0 amide bonds. The molecule has 1 saturated heterocycles. The first-order valence-corrected chi connectivity index (χ1v) is 11.7. The Hall–Kier alpha value is -4.04. The molecule has 3 heterocycles. The standard InChI is InChI=1S/C27H28N6O2/c1-18(19(2)34)15-32-14-6-7-21(16-32)33-27-24(26(28)29-17-30-27)25(31-33)20-10-12-23(13-11-20)35-22-8-4-3-5-9-22/h3-5,8-13,17,21H,1,6-7,14-16H2,2H3,(H2,28,29,30). The molecule has 178 valence electrons. The molecule has 5 rings (SSSR count). The summed E-state index contributed by atoms with van der Waals surface area (Å²) in [5, 5.41) is 5.73. The molecular formula is C27H28N6O2. The number of carbonyl (C=O) groups excluding carboxylic acids is 1. The van der Waals surface area contributed by atoms with Crippen LogP contribution in [0.5, 0.6) is 11.5 Å². The summed E-state index contributed by atoms with van der Waals surface area (Å²) in [6.45, 7) is 7.74.